The second-order valence-corrected chi connectivity index (χ2v) is 7.05. The summed E-state index contributed by atoms with van der Waals surface area (Å²) in [6.07, 6.45) is 2.90. The van der Waals surface area contributed by atoms with Gasteiger partial charge in [-0.05, 0) is 48.1 Å². The molecule has 0 aromatic heterocycles. The van der Waals surface area contributed by atoms with E-state index in [0.717, 1.165) is 25.0 Å². The molecule has 0 radical (unpaired) electrons. The summed E-state index contributed by atoms with van der Waals surface area (Å²) >= 11 is 0. The molecule has 0 saturated heterocycles. The van der Waals surface area contributed by atoms with Crippen molar-refractivity contribution in [3.8, 4) is 11.1 Å². The van der Waals surface area contributed by atoms with Crippen LogP contribution < -0.4 is 5.73 Å². The Morgan fingerprint density at radius 3 is 2.71 bits per heavy atom. The molecule has 2 aromatic rings. The van der Waals surface area contributed by atoms with Crippen LogP contribution in [0.25, 0.3) is 11.1 Å². The Morgan fingerprint density at radius 1 is 1.17 bits per heavy atom. The largest absolute Gasteiger partial charge is 0.370 e. The average molecular weight is 317 g/mol. The van der Waals surface area contributed by atoms with Crippen LogP contribution in [0.2, 0.25) is 0 Å². The quantitative estimate of drug-likeness (QED) is 0.865. The van der Waals surface area contributed by atoms with Gasteiger partial charge in [-0.15, -0.1) is 0 Å². The zero-order valence-corrected chi connectivity index (χ0v) is 14.3. The standard InChI is InChI=1S/C21H23N3/c1-14-5-4-6-17(11-14)18-8-7-16-9-10-21(19(16)12-18)13-15(2)24(3)20(22)23-21/h4-8,11-12H,2,9-10,13H2,1,3H3,(H2,22,23). The predicted molar refractivity (Wildman–Crippen MR) is 99.8 cm³/mol. The molecule has 0 bridgehead atoms. The molecule has 3 nitrogen and oxygen atoms in total. The third kappa shape index (κ3) is 2.23. The van der Waals surface area contributed by atoms with Gasteiger partial charge < -0.3 is 10.6 Å². The van der Waals surface area contributed by atoms with Gasteiger partial charge >= 0.3 is 0 Å². The second-order valence-electron chi connectivity index (χ2n) is 7.05. The fourth-order valence-corrected chi connectivity index (χ4v) is 3.96. The van der Waals surface area contributed by atoms with Gasteiger partial charge in [-0.3, -0.25) is 0 Å². The molecule has 1 spiro atoms. The van der Waals surface area contributed by atoms with Crippen LogP contribution in [0.15, 0.2) is 59.7 Å². The molecular formula is C21H23N3. The van der Waals surface area contributed by atoms with Crippen LogP contribution in [0.3, 0.4) is 0 Å². The molecule has 0 amide bonds. The topological polar surface area (TPSA) is 41.6 Å². The van der Waals surface area contributed by atoms with Crippen molar-refractivity contribution in [2.45, 2.75) is 31.7 Å². The molecular weight excluding hydrogens is 294 g/mol. The zero-order valence-electron chi connectivity index (χ0n) is 14.3. The number of nitrogens with zero attached hydrogens (tertiary/aromatic N) is 2. The van der Waals surface area contributed by atoms with Gasteiger partial charge in [0.15, 0.2) is 5.96 Å². The summed E-state index contributed by atoms with van der Waals surface area (Å²) in [5.41, 5.74) is 13.5. The first-order chi connectivity index (χ1) is 11.5. The second kappa shape index (κ2) is 5.23. The lowest BCUT2D eigenvalue weighted by Gasteiger charge is -2.37. The van der Waals surface area contributed by atoms with Crippen LogP contribution in [-0.4, -0.2) is 17.9 Å². The third-order valence-electron chi connectivity index (χ3n) is 5.41. The Hall–Kier alpha value is -2.55. The van der Waals surface area contributed by atoms with E-state index in [1.807, 2.05) is 11.9 Å². The molecule has 0 saturated carbocycles. The third-order valence-corrected chi connectivity index (χ3v) is 5.41. The van der Waals surface area contributed by atoms with Crippen LogP contribution in [0.5, 0.6) is 0 Å². The Kier molecular flexibility index (Phi) is 3.27. The lowest BCUT2D eigenvalue weighted by Crippen LogP contribution is -2.42. The highest BCUT2D eigenvalue weighted by Crippen LogP contribution is 2.47. The van der Waals surface area contributed by atoms with Gasteiger partial charge in [0.2, 0.25) is 0 Å². The van der Waals surface area contributed by atoms with Crippen molar-refractivity contribution in [2.24, 2.45) is 10.7 Å². The van der Waals surface area contributed by atoms with Crippen molar-refractivity contribution in [3.63, 3.8) is 0 Å². The van der Waals surface area contributed by atoms with Gasteiger partial charge in [-0.25, -0.2) is 4.99 Å². The van der Waals surface area contributed by atoms with Crippen LogP contribution >= 0.6 is 0 Å². The fourth-order valence-electron chi connectivity index (χ4n) is 3.96. The first-order valence-electron chi connectivity index (χ1n) is 8.46. The predicted octanol–water partition coefficient (Wildman–Crippen LogP) is 3.97. The minimum absolute atomic E-state index is 0.233. The molecule has 3 heteroatoms. The van der Waals surface area contributed by atoms with E-state index in [-0.39, 0.29) is 5.54 Å². The summed E-state index contributed by atoms with van der Waals surface area (Å²) < 4.78 is 0. The van der Waals surface area contributed by atoms with E-state index in [0.29, 0.717) is 5.96 Å². The van der Waals surface area contributed by atoms with Crippen molar-refractivity contribution in [1.29, 1.82) is 0 Å². The van der Waals surface area contributed by atoms with Crippen LogP contribution in [0.4, 0.5) is 0 Å². The van der Waals surface area contributed by atoms with Crippen LogP contribution in [0.1, 0.15) is 29.5 Å². The van der Waals surface area contributed by atoms with Crippen LogP contribution in [-0.2, 0) is 12.0 Å². The number of rotatable bonds is 1. The maximum atomic E-state index is 6.16. The molecule has 0 fully saturated rings. The molecule has 2 aromatic carbocycles. The van der Waals surface area contributed by atoms with E-state index >= 15 is 0 Å². The van der Waals surface area contributed by atoms with E-state index in [1.165, 1.54) is 27.8 Å². The molecule has 122 valence electrons. The normalized spacial score (nSPS) is 22.7. The summed E-state index contributed by atoms with van der Waals surface area (Å²) in [5.74, 6) is 0.569. The molecule has 1 aliphatic heterocycles. The molecule has 2 N–H and O–H groups in total. The summed E-state index contributed by atoms with van der Waals surface area (Å²) in [4.78, 5) is 6.79. The lowest BCUT2D eigenvalue weighted by molar-refractivity contribution is 0.369. The van der Waals surface area contributed by atoms with Gasteiger partial charge in [-0.1, -0.05) is 48.5 Å². The highest BCUT2D eigenvalue weighted by Gasteiger charge is 2.42. The number of benzene rings is 2. The number of hydrogen-bond acceptors (Lipinski definition) is 3. The van der Waals surface area contributed by atoms with Gasteiger partial charge in [0.1, 0.15) is 0 Å². The van der Waals surface area contributed by atoms with Gasteiger partial charge in [0.05, 0.1) is 5.54 Å². The highest BCUT2D eigenvalue weighted by molar-refractivity contribution is 5.81. The molecule has 1 unspecified atom stereocenters. The van der Waals surface area contributed by atoms with Crippen molar-refractivity contribution in [2.75, 3.05) is 7.05 Å². The van der Waals surface area contributed by atoms with E-state index in [4.69, 9.17) is 10.7 Å². The average Bonchev–Trinajstić information content (AvgIpc) is 2.90. The summed E-state index contributed by atoms with van der Waals surface area (Å²) in [6.45, 7) is 6.32. The van der Waals surface area contributed by atoms with Crippen molar-refractivity contribution in [3.05, 3.63) is 71.4 Å². The Bertz CT molecular complexity index is 865. The number of aliphatic imine (C=N–C) groups is 1. The summed E-state index contributed by atoms with van der Waals surface area (Å²) in [6, 6.07) is 15.4. The molecule has 2 aliphatic rings. The maximum absolute atomic E-state index is 6.16. The maximum Gasteiger partial charge on any atom is 0.196 e. The first-order valence-corrected chi connectivity index (χ1v) is 8.46. The number of nitrogens with two attached hydrogens (primary N) is 1. The summed E-state index contributed by atoms with van der Waals surface area (Å²) in [5, 5.41) is 0. The molecule has 4 rings (SSSR count). The Balaban J connectivity index is 1.84. The zero-order chi connectivity index (χ0) is 16.9. The van der Waals surface area contributed by atoms with Crippen molar-refractivity contribution in [1.82, 2.24) is 4.90 Å². The molecule has 1 atom stereocenters. The minimum Gasteiger partial charge on any atom is -0.370 e. The van der Waals surface area contributed by atoms with Gasteiger partial charge in [0.25, 0.3) is 0 Å². The SMILES string of the molecule is C=C1CC2(CCc3ccc(-c4cccc(C)c4)cc32)N=C(N)N1C. The number of aryl methyl sites for hydroxylation is 2. The minimum atomic E-state index is -0.233. The Labute approximate surface area is 143 Å². The summed E-state index contributed by atoms with van der Waals surface area (Å²) in [7, 11) is 1.94. The monoisotopic (exact) mass is 317 g/mol. The fraction of sp³-hybridized carbons (Fsp3) is 0.286. The number of fused-ring (bicyclic) bond motifs is 2. The van der Waals surface area contributed by atoms with Crippen molar-refractivity contribution < 1.29 is 0 Å². The van der Waals surface area contributed by atoms with Gasteiger partial charge in [-0.2, -0.15) is 0 Å². The molecule has 1 aliphatic carbocycles. The smallest absolute Gasteiger partial charge is 0.196 e. The number of guanidine groups is 1. The van der Waals surface area contributed by atoms with Crippen LogP contribution in [0, 0.1) is 6.92 Å². The van der Waals surface area contributed by atoms with E-state index in [2.05, 4.69) is 56.0 Å². The van der Waals surface area contributed by atoms with Crippen molar-refractivity contribution >= 4 is 5.96 Å². The van der Waals surface area contributed by atoms with Gasteiger partial charge in [0, 0.05) is 19.2 Å². The highest BCUT2D eigenvalue weighted by atomic mass is 15.3. The van der Waals surface area contributed by atoms with E-state index < -0.39 is 0 Å². The first kappa shape index (κ1) is 15.0. The lowest BCUT2D eigenvalue weighted by atomic mass is 9.85. The number of hydrogen-bond donors (Lipinski definition) is 1. The van der Waals surface area contributed by atoms with E-state index in [9.17, 15) is 0 Å². The Morgan fingerprint density at radius 2 is 1.96 bits per heavy atom. The molecule has 24 heavy (non-hydrogen) atoms. The van der Waals surface area contributed by atoms with E-state index in [1.54, 1.807) is 0 Å². The molecule has 1 heterocycles.